The molecule has 0 radical (unpaired) electrons. The average Bonchev–Trinajstić information content (AvgIpc) is 3.44. The van der Waals surface area contributed by atoms with Crippen LogP contribution in [-0.4, -0.2) is 37.2 Å². The second kappa shape index (κ2) is 65.3. The minimum absolute atomic E-state index is 0.0895. The lowest BCUT2D eigenvalue weighted by Gasteiger charge is -2.18. The third-order valence-electron chi connectivity index (χ3n) is 13.7. The molecule has 0 aromatic rings. The number of allylic oxidation sites excluding steroid dienone is 20. The third-order valence-corrected chi connectivity index (χ3v) is 13.7. The Morgan fingerprint density at radius 2 is 0.526 bits per heavy atom. The molecule has 0 saturated carbocycles. The lowest BCUT2D eigenvalue weighted by Crippen LogP contribution is -2.30. The zero-order valence-electron chi connectivity index (χ0n) is 50.9. The van der Waals surface area contributed by atoms with Crippen LogP contribution >= 0.6 is 0 Å². The maximum atomic E-state index is 12.9. The molecule has 0 N–H and O–H groups in total. The second-order valence-corrected chi connectivity index (χ2v) is 21.3. The van der Waals surface area contributed by atoms with E-state index < -0.39 is 6.10 Å². The van der Waals surface area contributed by atoms with Gasteiger partial charge in [-0.25, -0.2) is 0 Å². The summed E-state index contributed by atoms with van der Waals surface area (Å²) in [5.74, 6) is -0.910. The monoisotopic (exact) mass is 1080 g/mol. The van der Waals surface area contributed by atoms with Gasteiger partial charge < -0.3 is 14.2 Å². The van der Waals surface area contributed by atoms with Crippen molar-refractivity contribution in [1.29, 1.82) is 0 Å². The molecule has 0 aliphatic rings. The molecule has 444 valence electrons. The Kier molecular flexibility index (Phi) is 61.8. The molecule has 1 atom stereocenters. The maximum Gasteiger partial charge on any atom is 0.306 e. The zero-order chi connectivity index (χ0) is 56.4. The number of carbonyl (C=O) groups is 3. The van der Waals surface area contributed by atoms with Crippen molar-refractivity contribution < 1.29 is 28.6 Å². The van der Waals surface area contributed by atoms with Gasteiger partial charge >= 0.3 is 17.9 Å². The minimum atomic E-state index is -0.792. The van der Waals surface area contributed by atoms with Gasteiger partial charge in [0.25, 0.3) is 0 Å². The van der Waals surface area contributed by atoms with Crippen molar-refractivity contribution in [1.82, 2.24) is 0 Å². The quantitative estimate of drug-likeness (QED) is 0.0261. The normalized spacial score (nSPS) is 12.9. The van der Waals surface area contributed by atoms with E-state index in [1.807, 2.05) is 0 Å². The second-order valence-electron chi connectivity index (χ2n) is 21.3. The third kappa shape index (κ3) is 62.7. The van der Waals surface area contributed by atoms with Gasteiger partial charge in [-0.1, -0.05) is 290 Å². The SMILES string of the molecule is CC/C=C\C/C=C\C/C=C\C/C=C\C/C=C\C/C=C\C/C=C\C/C=C\CCCCCCCCC(=O)OCC(COC(=O)CCCCCCC/C=C\C/C=C\CCC)OC(=O)CCCCCCCCCCCCCCCCCC. The lowest BCUT2D eigenvalue weighted by molar-refractivity contribution is -0.167. The van der Waals surface area contributed by atoms with E-state index in [2.05, 4.69) is 142 Å². The molecular weight excluding hydrogens is 961 g/mol. The van der Waals surface area contributed by atoms with Crippen LogP contribution in [0.4, 0.5) is 0 Å². The van der Waals surface area contributed by atoms with Crippen LogP contribution in [0.15, 0.2) is 122 Å². The van der Waals surface area contributed by atoms with Crippen molar-refractivity contribution in [3.05, 3.63) is 122 Å². The van der Waals surface area contributed by atoms with E-state index >= 15 is 0 Å². The van der Waals surface area contributed by atoms with Crippen LogP contribution < -0.4 is 0 Å². The van der Waals surface area contributed by atoms with E-state index in [-0.39, 0.29) is 31.1 Å². The largest absolute Gasteiger partial charge is 0.462 e. The van der Waals surface area contributed by atoms with Crippen LogP contribution in [0.3, 0.4) is 0 Å². The van der Waals surface area contributed by atoms with Crippen molar-refractivity contribution in [2.24, 2.45) is 0 Å². The van der Waals surface area contributed by atoms with Gasteiger partial charge in [0.05, 0.1) is 0 Å². The van der Waals surface area contributed by atoms with Crippen molar-refractivity contribution in [2.75, 3.05) is 13.2 Å². The fourth-order valence-corrected chi connectivity index (χ4v) is 8.85. The molecule has 0 spiro atoms. The molecule has 0 amide bonds. The first-order chi connectivity index (χ1) is 38.5. The summed E-state index contributed by atoms with van der Waals surface area (Å²) in [7, 11) is 0. The van der Waals surface area contributed by atoms with Crippen LogP contribution in [0.5, 0.6) is 0 Å². The van der Waals surface area contributed by atoms with Crippen molar-refractivity contribution >= 4 is 17.9 Å². The minimum Gasteiger partial charge on any atom is -0.462 e. The Morgan fingerprint density at radius 1 is 0.269 bits per heavy atom. The van der Waals surface area contributed by atoms with Gasteiger partial charge in [0.15, 0.2) is 6.10 Å². The molecule has 0 aliphatic heterocycles. The Hall–Kier alpha value is -4.19. The van der Waals surface area contributed by atoms with Crippen molar-refractivity contribution in [3.63, 3.8) is 0 Å². The summed E-state index contributed by atoms with van der Waals surface area (Å²) in [4.78, 5) is 38.3. The summed E-state index contributed by atoms with van der Waals surface area (Å²) in [6.07, 6.45) is 90.6. The van der Waals surface area contributed by atoms with Gasteiger partial charge in [0, 0.05) is 19.3 Å². The summed E-state index contributed by atoms with van der Waals surface area (Å²) in [6.45, 7) is 6.46. The van der Waals surface area contributed by atoms with E-state index in [1.165, 1.54) is 103 Å². The standard InChI is InChI=1S/C72H120O6/c1-4-7-10-13-16-19-22-25-27-29-30-31-32-33-34-35-36-37-38-39-40-41-42-43-45-47-50-53-56-59-62-65-71(74)77-68-69(67-76-70(73)64-61-58-55-52-49-46-24-21-18-15-12-9-6-3)78-72(75)66-63-60-57-54-51-48-44-28-26-23-20-17-14-11-8-5-2/h7,10,12,15-16,19,21,24-25,27,30-31,33-34,36-37,39-40,42-43,69H,4-6,8-9,11,13-14,17-18,20,22-23,26,28-29,32,35,38,41,44-68H2,1-3H3/b10-7-,15-12-,19-16-,24-21-,27-25-,31-30-,34-33-,37-36-,40-39-,43-42-. The molecule has 6 heteroatoms. The molecule has 0 fully saturated rings. The van der Waals surface area contributed by atoms with Gasteiger partial charge in [-0.2, -0.15) is 0 Å². The fourth-order valence-electron chi connectivity index (χ4n) is 8.85. The van der Waals surface area contributed by atoms with Gasteiger partial charge in [-0.15, -0.1) is 0 Å². The number of unbranched alkanes of at least 4 members (excludes halogenated alkanes) is 27. The van der Waals surface area contributed by atoms with Crippen molar-refractivity contribution in [3.8, 4) is 0 Å². The molecule has 1 unspecified atom stereocenters. The predicted molar refractivity (Wildman–Crippen MR) is 339 cm³/mol. The highest BCUT2D eigenvalue weighted by Crippen LogP contribution is 2.16. The topological polar surface area (TPSA) is 78.9 Å². The Balaban J connectivity index is 4.32. The summed E-state index contributed by atoms with van der Waals surface area (Å²) >= 11 is 0. The number of hydrogen-bond donors (Lipinski definition) is 0. The van der Waals surface area contributed by atoms with Gasteiger partial charge in [0.1, 0.15) is 13.2 Å². The Bertz CT molecular complexity index is 1620. The highest BCUT2D eigenvalue weighted by Gasteiger charge is 2.19. The summed E-state index contributed by atoms with van der Waals surface area (Å²) in [5.41, 5.74) is 0. The molecule has 0 aromatic carbocycles. The van der Waals surface area contributed by atoms with E-state index in [9.17, 15) is 14.4 Å². The molecule has 0 saturated heterocycles. The van der Waals surface area contributed by atoms with Crippen LogP contribution in [0, 0.1) is 0 Å². The van der Waals surface area contributed by atoms with Crippen LogP contribution in [-0.2, 0) is 28.6 Å². The zero-order valence-corrected chi connectivity index (χ0v) is 50.9. The van der Waals surface area contributed by atoms with Crippen LogP contribution in [0.1, 0.15) is 297 Å². The molecule has 0 aliphatic carbocycles. The Morgan fingerprint density at radius 3 is 0.833 bits per heavy atom. The molecule has 0 bridgehead atoms. The lowest BCUT2D eigenvalue weighted by atomic mass is 10.0. The number of esters is 3. The summed E-state index contributed by atoms with van der Waals surface area (Å²) in [6, 6.07) is 0. The average molecular weight is 1080 g/mol. The Labute approximate surface area is 482 Å². The molecule has 0 heterocycles. The fraction of sp³-hybridized carbons (Fsp3) is 0.681. The molecule has 78 heavy (non-hydrogen) atoms. The number of ether oxygens (including phenoxy) is 3. The number of hydrogen-bond acceptors (Lipinski definition) is 6. The van der Waals surface area contributed by atoms with E-state index in [0.717, 1.165) is 154 Å². The van der Waals surface area contributed by atoms with Crippen LogP contribution in [0.25, 0.3) is 0 Å². The van der Waals surface area contributed by atoms with E-state index in [0.29, 0.717) is 19.3 Å². The van der Waals surface area contributed by atoms with Crippen molar-refractivity contribution in [2.45, 2.75) is 303 Å². The first kappa shape index (κ1) is 73.8. The van der Waals surface area contributed by atoms with Crippen LogP contribution in [0.2, 0.25) is 0 Å². The maximum absolute atomic E-state index is 12.9. The highest BCUT2D eigenvalue weighted by molar-refractivity contribution is 5.71. The predicted octanol–water partition coefficient (Wildman–Crippen LogP) is 22.4. The number of rotatable bonds is 58. The smallest absolute Gasteiger partial charge is 0.306 e. The molecule has 0 rings (SSSR count). The molecule has 0 aromatic heterocycles. The molecule has 6 nitrogen and oxygen atoms in total. The van der Waals surface area contributed by atoms with Gasteiger partial charge in [0.2, 0.25) is 0 Å². The van der Waals surface area contributed by atoms with E-state index in [1.54, 1.807) is 0 Å². The van der Waals surface area contributed by atoms with E-state index in [4.69, 9.17) is 14.2 Å². The summed E-state index contributed by atoms with van der Waals surface area (Å²) < 4.78 is 16.9. The number of carbonyl (C=O) groups excluding carboxylic acids is 3. The molecular formula is C72H120O6. The first-order valence-electron chi connectivity index (χ1n) is 32.5. The first-order valence-corrected chi connectivity index (χ1v) is 32.5. The summed E-state index contributed by atoms with van der Waals surface area (Å²) in [5, 5.41) is 0. The highest BCUT2D eigenvalue weighted by atomic mass is 16.6. The van der Waals surface area contributed by atoms with Gasteiger partial charge in [-0.05, 0) is 109 Å². The van der Waals surface area contributed by atoms with Gasteiger partial charge in [-0.3, -0.25) is 14.4 Å².